The van der Waals surface area contributed by atoms with Crippen LogP contribution in [0.15, 0.2) is 4.99 Å². The van der Waals surface area contributed by atoms with Crippen LogP contribution >= 0.6 is 0 Å². The molecular weight excluding hydrogens is 368 g/mol. The number of aliphatic imine (C=N–C) groups is 1. The first-order valence-corrected chi connectivity index (χ1v) is 11.4. The molecule has 0 aromatic carbocycles. The maximum atomic E-state index is 13.2. The number of carbonyl (C=O) groups is 2. The zero-order valence-corrected chi connectivity index (χ0v) is 18.1. The monoisotopic (exact) mass is 406 g/mol. The van der Waals surface area contributed by atoms with Crippen molar-refractivity contribution in [1.82, 2.24) is 10.2 Å². The predicted octanol–water partition coefficient (Wildman–Crippen LogP) is 2.58. The highest BCUT2D eigenvalue weighted by molar-refractivity contribution is 6.06. The van der Waals surface area contributed by atoms with E-state index in [2.05, 4.69) is 5.32 Å². The van der Waals surface area contributed by atoms with Crippen LogP contribution in [0.2, 0.25) is 0 Å². The van der Waals surface area contributed by atoms with Crippen molar-refractivity contribution in [1.29, 1.82) is 0 Å². The zero-order valence-electron chi connectivity index (χ0n) is 18.1. The molecule has 0 radical (unpaired) electrons. The summed E-state index contributed by atoms with van der Waals surface area (Å²) in [5.74, 6) is 1.32. The highest BCUT2D eigenvalue weighted by Crippen LogP contribution is 2.40. The lowest BCUT2D eigenvalue weighted by Gasteiger charge is -2.35. The minimum absolute atomic E-state index is 0.0652. The molecule has 164 valence electrons. The Balaban J connectivity index is 1.63. The first kappa shape index (κ1) is 22.1. The third kappa shape index (κ3) is 5.50. The van der Waals surface area contributed by atoms with Crippen LogP contribution in [0.5, 0.6) is 0 Å². The Labute approximate surface area is 174 Å². The van der Waals surface area contributed by atoms with E-state index >= 15 is 0 Å². The van der Waals surface area contributed by atoms with Gasteiger partial charge in [0, 0.05) is 13.1 Å². The third-order valence-electron chi connectivity index (χ3n) is 7.24. The van der Waals surface area contributed by atoms with Gasteiger partial charge in [-0.2, -0.15) is 0 Å². The third-order valence-corrected chi connectivity index (χ3v) is 7.24. The van der Waals surface area contributed by atoms with Crippen molar-refractivity contribution in [3.05, 3.63) is 0 Å². The number of guanidine groups is 1. The highest BCUT2D eigenvalue weighted by atomic mass is 16.5. The molecule has 1 aliphatic heterocycles. The summed E-state index contributed by atoms with van der Waals surface area (Å²) in [4.78, 5) is 30.9. The Morgan fingerprint density at radius 1 is 1.21 bits per heavy atom. The van der Waals surface area contributed by atoms with E-state index in [4.69, 9.17) is 15.5 Å². The number of amides is 1. The molecule has 1 unspecified atom stereocenters. The second-order valence-corrected chi connectivity index (χ2v) is 9.30. The van der Waals surface area contributed by atoms with Crippen molar-refractivity contribution in [3.63, 3.8) is 0 Å². The highest BCUT2D eigenvalue weighted by Gasteiger charge is 2.47. The lowest BCUT2D eigenvalue weighted by atomic mass is 9.74. The van der Waals surface area contributed by atoms with Crippen molar-refractivity contribution >= 4 is 17.8 Å². The van der Waals surface area contributed by atoms with Crippen LogP contribution in [-0.2, 0) is 14.3 Å². The maximum Gasteiger partial charge on any atom is 0.319 e. The number of nitrogens with one attached hydrogen (secondary N) is 1. The van der Waals surface area contributed by atoms with Crippen molar-refractivity contribution < 1.29 is 14.3 Å². The summed E-state index contributed by atoms with van der Waals surface area (Å²) in [5.41, 5.74) is 5.38. The van der Waals surface area contributed by atoms with Gasteiger partial charge in [0.05, 0.1) is 13.7 Å². The van der Waals surface area contributed by atoms with Gasteiger partial charge in [0.25, 0.3) is 5.91 Å². The van der Waals surface area contributed by atoms with Gasteiger partial charge < -0.3 is 15.8 Å². The van der Waals surface area contributed by atoms with Gasteiger partial charge in [-0.05, 0) is 43.9 Å². The van der Waals surface area contributed by atoms with E-state index in [1.165, 1.54) is 44.1 Å². The van der Waals surface area contributed by atoms with Crippen molar-refractivity contribution in [2.75, 3.05) is 20.7 Å². The standard InChI is InChI=1S/C22H38N4O3/c1-26-20(28)22(25-21(26)23,12-11-16-7-4-3-5-8-16)14-17-9-6-10-18(13-17)24-15-19(27)29-2/h16-18,24H,3-15H2,1-2H3,(H2,23,25)/t17?,18-,22+/m0/s1. The number of esters is 1. The number of nitrogens with two attached hydrogens (primary N) is 1. The van der Waals surface area contributed by atoms with Gasteiger partial charge in [-0.1, -0.05) is 44.9 Å². The van der Waals surface area contributed by atoms with Crippen molar-refractivity contribution in [3.8, 4) is 0 Å². The summed E-state index contributed by atoms with van der Waals surface area (Å²) < 4.78 is 4.74. The maximum absolute atomic E-state index is 13.2. The molecule has 0 spiro atoms. The van der Waals surface area contributed by atoms with Crippen molar-refractivity contribution in [2.24, 2.45) is 22.6 Å². The zero-order chi connectivity index (χ0) is 20.9. The van der Waals surface area contributed by atoms with Crippen LogP contribution in [0, 0.1) is 11.8 Å². The van der Waals surface area contributed by atoms with Crippen LogP contribution in [0.4, 0.5) is 0 Å². The SMILES string of the molecule is COC(=O)CN[C@H]1CCCC(C[C@@]2(CCC3CCCCC3)N=C(N)N(C)C2=O)C1. The van der Waals surface area contributed by atoms with Gasteiger partial charge in [0.1, 0.15) is 5.54 Å². The second kappa shape index (κ2) is 9.92. The molecule has 7 heteroatoms. The molecular formula is C22H38N4O3. The van der Waals surface area contributed by atoms with E-state index in [-0.39, 0.29) is 18.4 Å². The van der Waals surface area contributed by atoms with Gasteiger partial charge in [-0.3, -0.25) is 14.5 Å². The Morgan fingerprint density at radius 3 is 2.59 bits per heavy atom. The molecule has 3 rings (SSSR count). The van der Waals surface area contributed by atoms with Crippen LogP contribution in [0.3, 0.4) is 0 Å². The molecule has 2 fully saturated rings. The largest absolute Gasteiger partial charge is 0.468 e. The van der Waals surface area contributed by atoms with Crippen LogP contribution < -0.4 is 11.1 Å². The fourth-order valence-electron chi connectivity index (χ4n) is 5.51. The summed E-state index contributed by atoms with van der Waals surface area (Å²) in [6, 6.07) is 0.291. The molecule has 2 saturated carbocycles. The fourth-order valence-corrected chi connectivity index (χ4v) is 5.51. The number of rotatable bonds is 8. The number of carbonyl (C=O) groups excluding carboxylic acids is 2. The average molecular weight is 407 g/mol. The van der Waals surface area contributed by atoms with Crippen LogP contribution in [0.1, 0.15) is 77.0 Å². The number of likely N-dealkylation sites (N-methyl/N-ethyl adjacent to an activating group) is 1. The Morgan fingerprint density at radius 2 is 1.93 bits per heavy atom. The molecule has 3 N–H and O–H groups in total. The first-order chi connectivity index (χ1) is 13.9. The summed E-state index contributed by atoms with van der Waals surface area (Å²) in [6.45, 7) is 0.244. The van der Waals surface area contributed by atoms with Crippen LogP contribution in [-0.4, -0.2) is 55.0 Å². The minimum atomic E-state index is -0.689. The summed E-state index contributed by atoms with van der Waals surface area (Å²) >= 11 is 0. The summed E-state index contributed by atoms with van der Waals surface area (Å²) in [5, 5.41) is 3.32. The second-order valence-electron chi connectivity index (χ2n) is 9.30. The molecule has 1 heterocycles. The normalized spacial score (nSPS) is 31.0. The number of methoxy groups -OCH3 is 1. The van der Waals surface area contributed by atoms with Gasteiger partial charge in [-0.25, -0.2) is 4.99 Å². The van der Waals surface area contributed by atoms with Gasteiger partial charge in [-0.15, -0.1) is 0 Å². The van der Waals surface area contributed by atoms with Crippen LogP contribution in [0.25, 0.3) is 0 Å². The molecule has 2 aliphatic carbocycles. The summed E-state index contributed by atoms with van der Waals surface area (Å²) in [6.07, 6.45) is 13.4. The lowest BCUT2D eigenvalue weighted by Crippen LogP contribution is -2.45. The minimum Gasteiger partial charge on any atom is -0.468 e. The van der Waals surface area contributed by atoms with E-state index in [1.807, 2.05) is 0 Å². The van der Waals surface area contributed by atoms with E-state index < -0.39 is 5.54 Å². The molecule has 0 aromatic heterocycles. The van der Waals surface area contributed by atoms with E-state index in [1.54, 1.807) is 7.05 Å². The van der Waals surface area contributed by atoms with Gasteiger partial charge in [0.2, 0.25) is 0 Å². The number of hydrogen-bond donors (Lipinski definition) is 2. The molecule has 1 amide bonds. The predicted molar refractivity (Wildman–Crippen MR) is 113 cm³/mol. The molecule has 3 aliphatic rings. The van der Waals surface area contributed by atoms with Crippen molar-refractivity contribution in [2.45, 2.75) is 88.6 Å². The topological polar surface area (TPSA) is 97.0 Å². The quantitative estimate of drug-likeness (QED) is 0.604. The molecule has 0 aromatic rings. The fraction of sp³-hybridized carbons (Fsp3) is 0.864. The lowest BCUT2D eigenvalue weighted by molar-refractivity contribution is -0.139. The molecule has 7 nitrogen and oxygen atoms in total. The molecule has 0 bridgehead atoms. The first-order valence-electron chi connectivity index (χ1n) is 11.4. The Hall–Kier alpha value is -1.63. The Bertz CT molecular complexity index is 617. The number of ether oxygens (including phenoxy) is 1. The van der Waals surface area contributed by atoms with E-state index in [0.717, 1.165) is 50.9 Å². The molecule has 29 heavy (non-hydrogen) atoms. The number of nitrogens with zero attached hydrogens (tertiary/aromatic N) is 2. The van der Waals surface area contributed by atoms with E-state index in [9.17, 15) is 9.59 Å². The van der Waals surface area contributed by atoms with Gasteiger partial charge >= 0.3 is 5.97 Å². The van der Waals surface area contributed by atoms with E-state index in [0.29, 0.717) is 17.9 Å². The smallest absolute Gasteiger partial charge is 0.319 e. The molecule has 3 atom stereocenters. The Kier molecular flexibility index (Phi) is 7.55. The number of hydrogen-bond acceptors (Lipinski definition) is 6. The van der Waals surface area contributed by atoms with Gasteiger partial charge in [0.15, 0.2) is 5.96 Å². The summed E-state index contributed by atoms with van der Waals surface area (Å²) in [7, 11) is 3.15. The molecule has 0 saturated heterocycles. The average Bonchev–Trinajstić information content (AvgIpc) is 2.95.